The molecule has 0 aromatic heterocycles. The van der Waals surface area contributed by atoms with Crippen LogP contribution >= 0.6 is 23.5 Å². The molecule has 228 valence electrons. The summed E-state index contributed by atoms with van der Waals surface area (Å²) in [6.07, 6.45) is 14.5. The first-order valence-electron chi connectivity index (χ1n) is 15.6. The number of hydrogen-bond donors (Lipinski definition) is 1. The van der Waals surface area contributed by atoms with Gasteiger partial charge in [0.1, 0.15) is 6.10 Å². The highest BCUT2D eigenvalue weighted by atomic mass is 32.2. The third-order valence-electron chi connectivity index (χ3n) is 8.49. The average Bonchev–Trinajstić information content (AvgIpc) is 3.06. The van der Waals surface area contributed by atoms with Crippen molar-refractivity contribution in [3.05, 3.63) is 60.2 Å². The lowest BCUT2D eigenvalue weighted by Gasteiger charge is -2.44. The predicted molar refractivity (Wildman–Crippen MR) is 167 cm³/mol. The fourth-order valence-electron chi connectivity index (χ4n) is 6.43. The number of aliphatic hydroxyl groups excluding tert-OH is 1. The topological polar surface area (TPSA) is 66.4 Å². The molecule has 41 heavy (non-hydrogen) atoms. The van der Waals surface area contributed by atoms with Gasteiger partial charge in [-0.25, -0.2) is 0 Å². The van der Waals surface area contributed by atoms with Gasteiger partial charge in [-0.15, -0.1) is 23.5 Å². The normalized spacial score (nSPS) is 37.0. The number of fused-ring (bicyclic) bond motifs is 2. The third-order valence-corrected chi connectivity index (χ3v) is 11.6. The molecule has 0 bridgehead atoms. The lowest BCUT2D eigenvalue weighted by molar-refractivity contribution is -0.275. The van der Waals surface area contributed by atoms with E-state index in [4.69, 9.17) is 23.7 Å². The molecule has 0 saturated carbocycles. The highest BCUT2D eigenvalue weighted by Gasteiger charge is 2.43. The maximum Gasteiger partial charge on any atom is 0.184 e. The van der Waals surface area contributed by atoms with Gasteiger partial charge in [-0.1, -0.05) is 68.5 Å². The van der Waals surface area contributed by atoms with Crippen LogP contribution in [0.1, 0.15) is 77.1 Å². The van der Waals surface area contributed by atoms with Crippen LogP contribution in [-0.2, 0) is 23.7 Å². The Kier molecular flexibility index (Phi) is 12.1. The molecule has 0 amide bonds. The van der Waals surface area contributed by atoms with Crippen molar-refractivity contribution in [3.8, 4) is 0 Å². The van der Waals surface area contributed by atoms with E-state index in [0.717, 1.165) is 62.2 Å². The summed E-state index contributed by atoms with van der Waals surface area (Å²) in [6, 6.07) is 10.1. The highest BCUT2D eigenvalue weighted by Crippen LogP contribution is 2.48. The van der Waals surface area contributed by atoms with Crippen LogP contribution < -0.4 is 0 Å². The minimum absolute atomic E-state index is 0.0222. The summed E-state index contributed by atoms with van der Waals surface area (Å²) in [7, 11) is 0. The van der Waals surface area contributed by atoms with E-state index in [0.29, 0.717) is 19.4 Å². The van der Waals surface area contributed by atoms with Crippen LogP contribution in [0.3, 0.4) is 0 Å². The Balaban J connectivity index is 1.29. The van der Waals surface area contributed by atoms with E-state index in [-0.39, 0.29) is 40.7 Å². The molecular weight excluding hydrogens is 556 g/mol. The van der Waals surface area contributed by atoms with Gasteiger partial charge in [-0.2, -0.15) is 0 Å². The summed E-state index contributed by atoms with van der Waals surface area (Å²) in [5.74, 6) is 2.10. The number of hydrogen-bond acceptors (Lipinski definition) is 8. The standard InChI is InChI=1S/C33H48O6S2/c1-3-40-33(41-4-2)21-11-18-27-28(19-12-22-35-27)38-31(33)20-10-17-26-25(34)15-8-9-16-29-30(37-26)23-36-32(39-29)24-13-6-5-7-14-24/h5-10,13-14,20,25-32,34H,3-4,11-12,15-19,21-23H2,1-2H3/b9-8-,20-10-/t25-,26+,27-,28+,29+,30-,31-,32-/m1/s1. The molecule has 1 N–H and O–H groups in total. The second kappa shape index (κ2) is 15.8. The Morgan fingerprint density at radius 3 is 2.46 bits per heavy atom. The van der Waals surface area contributed by atoms with Crippen LogP contribution in [0.25, 0.3) is 0 Å². The fraction of sp³-hybridized carbons (Fsp3) is 0.697. The second-order valence-electron chi connectivity index (χ2n) is 11.4. The van der Waals surface area contributed by atoms with E-state index >= 15 is 0 Å². The second-order valence-corrected chi connectivity index (χ2v) is 14.8. The van der Waals surface area contributed by atoms with Crippen molar-refractivity contribution in [3.63, 3.8) is 0 Å². The van der Waals surface area contributed by atoms with Gasteiger partial charge in [0.2, 0.25) is 0 Å². The summed E-state index contributed by atoms with van der Waals surface area (Å²) in [6.45, 7) is 5.77. The lowest BCUT2D eigenvalue weighted by atomic mass is 9.95. The summed E-state index contributed by atoms with van der Waals surface area (Å²) < 4.78 is 32.1. The van der Waals surface area contributed by atoms with E-state index in [9.17, 15) is 5.11 Å². The van der Waals surface area contributed by atoms with Crippen LogP contribution in [0.4, 0.5) is 0 Å². The predicted octanol–water partition coefficient (Wildman–Crippen LogP) is 6.83. The van der Waals surface area contributed by atoms with Gasteiger partial charge >= 0.3 is 0 Å². The van der Waals surface area contributed by atoms with Crippen molar-refractivity contribution >= 4 is 23.5 Å². The van der Waals surface area contributed by atoms with Gasteiger partial charge in [-0.05, 0) is 62.9 Å². The molecule has 3 fully saturated rings. The zero-order chi connectivity index (χ0) is 28.5. The third kappa shape index (κ3) is 8.21. The zero-order valence-corrected chi connectivity index (χ0v) is 26.2. The van der Waals surface area contributed by atoms with E-state index < -0.39 is 12.4 Å². The van der Waals surface area contributed by atoms with Crippen LogP contribution in [0, 0.1) is 0 Å². The minimum atomic E-state index is -0.601. The summed E-state index contributed by atoms with van der Waals surface area (Å²) in [5.41, 5.74) is 1.01. The van der Waals surface area contributed by atoms with Crippen molar-refractivity contribution < 1.29 is 28.8 Å². The van der Waals surface area contributed by atoms with E-state index in [1.807, 2.05) is 53.9 Å². The van der Waals surface area contributed by atoms with Crippen molar-refractivity contribution in [1.29, 1.82) is 0 Å². The monoisotopic (exact) mass is 604 g/mol. The van der Waals surface area contributed by atoms with Gasteiger partial charge in [-0.3, -0.25) is 0 Å². The lowest BCUT2D eigenvalue weighted by Crippen LogP contribution is -2.47. The molecule has 3 saturated heterocycles. The van der Waals surface area contributed by atoms with Crippen molar-refractivity contribution in [2.24, 2.45) is 0 Å². The van der Waals surface area contributed by atoms with Gasteiger partial charge in [0.25, 0.3) is 0 Å². The first-order valence-corrected chi connectivity index (χ1v) is 17.6. The summed E-state index contributed by atoms with van der Waals surface area (Å²) in [4.78, 5) is 0. The Labute approximate surface area is 254 Å². The fourth-order valence-corrected chi connectivity index (χ4v) is 9.62. The quantitative estimate of drug-likeness (QED) is 0.256. The first-order chi connectivity index (χ1) is 20.1. The zero-order valence-electron chi connectivity index (χ0n) is 24.6. The number of ether oxygens (including phenoxy) is 5. The van der Waals surface area contributed by atoms with E-state index in [1.54, 1.807) is 0 Å². The molecule has 8 heteroatoms. The molecule has 5 rings (SSSR count). The number of thioether (sulfide) groups is 2. The highest BCUT2D eigenvalue weighted by molar-refractivity contribution is 8.18. The summed E-state index contributed by atoms with van der Waals surface area (Å²) >= 11 is 4.05. The first kappa shape index (κ1) is 31.6. The Morgan fingerprint density at radius 2 is 1.66 bits per heavy atom. The maximum atomic E-state index is 11.1. The number of rotatable bonds is 8. The van der Waals surface area contributed by atoms with Crippen molar-refractivity contribution in [2.75, 3.05) is 24.7 Å². The molecule has 4 aliphatic rings. The van der Waals surface area contributed by atoms with Gasteiger partial charge in [0.15, 0.2) is 6.29 Å². The molecular formula is C33H48O6S2. The van der Waals surface area contributed by atoms with Crippen LogP contribution in [-0.4, -0.2) is 76.6 Å². The molecule has 6 nitrogen and oxygen atoms in total. The van der Waals surface area contributed by atoms with Crippen molar-refractivity contribution in [2.45, 2.75) is 118 Å². The van der Waals surface area contributed by atoms with Gasteiger partial charge in [0.05, 0.1) is 47.3 Å². The molecule has 8 atom stereocenters. The smallest absolute Gasteiger partial charge is 0.184 e. The molecule has 0 unspecified atom stereocenters. The molecule has 0 radical (unpaired) electrons. The van der Waals surface area contributed by atoms with Gasteiger partial charge < -0.3 is 28.8 Å². The van der Waals surface area contributed by atoms with E-state index in [2.05, 4.69) is 38.2 Å². The molecule has 0 aliphatic carbocycles. The molecule has 1 aromatic carbocycles. The number of benzene rings is 1. The van der Waals surface area contributed by atoms with Crippen LogP contribution in [0.2, 0.25) is 0 Å². The Hall–Kier alpha value is -0.840. The summed E-state index contributed by atoms with van der Waals surface area (Å²) in [5, 5.41) is 11.1. The van der Waals surface area contributed by atoms with E-state index in [1.165, 1.54) is 0 Å². The SMILES string of the molecule is CCSC1(SCC)CCC[C@H]2OCCC[C@@H]2O[C@@H]1/C=C\C[C@@H]1O[C@@H]2CO[C@@H](c3ccccc3)O[C@H]2C/C=C\C[C@H]1O. The maximum absolute atomic E-state index is 11.1. The average molecular weight is 605 g/mol. The van der Waals surface area contributed by atoms with Crippen LogP contribution in [0.15, 0.2) is 54.6 Å². The minimum Gasteiger partial charge on any atom is -0.390 e. The molecule has 1 aromatic rings. The van der Waals surface area contributed by atoms with Gasteiger partial charge in [0, 0.05) is 12.2 Å². The Morgan fingerprint density at radius 1 is 0.878 bits per heavy atom. The Bertz CT molecular complexity index is 968. The van der Waals surface area contributed by atoms with Crippen LogP contribution in [0.5, 0.6) is 0 Å². The van der Waals surface area contributed by atoms with Crippen molar-refractivity contribution in [1.82, 2.24) is 0 Å². The largest absolute Gasteiger partial charge is 0.390 e. The molecule has 0 spiro atoms. The molecule has 4 heterocycles. The molecule has 4 aliphatic heterocycles. The number of aliphatic hydroxyl groups is 1.